The summed E-state index contributed by atoms with van der Waals surface area (Å²) in [6.07, 6.45) is -4.58. The van der Waals surface area contributed by atoms with E-state index in [0.29, 0.717) is 44.9 Å². The number of aromatic nitrogens is 4. The third-order valence-corrected chi connectivity index (χ3v) is 8.42. The molecule has 0 fully saturated rings. The first kappa shape index (κ1) is 30.1. The zero-order chi connectivity index (χ0) is 33.7. The van der Waals surface area contributed by atoms with Crippen LogP contribution in [0.15, 0.2) is 140 Å². The van der Waals surface area contributed by atoms with Crippen LogP contribution in [0.3, 0.4) is 0 Å². The summed E-state index contributed by atoms with van der Waals surface area (Å²) in [5, 5.41) is 1.37. The number of benzene rings is 6. The molecule has 2 aromatic heterocycles. The maximum atomic E-state index is 15.2. The van der Waals surface area contributed by atoms with Crippen LogP contribution in [0.5, 0.6) is 0 Å². The Morgan fingerprint density at radius 2 is 1.08 bits per heavy atom. The molecule has 0 saturated heterocycles. The third kappa shape index (κ3) is 5.49. The number of para-hydroxylation sites is 1. The van der Waals surface area contributed by atoms with Gasteiger partial charge in [-0.3, -0.25) is 0 Å². The summed E-state index contributed by atoms with van der Waals surface area (Å²) in [6.45, 7) is 0. The summed E-state index contributed by atoms with van der Waals surface area (Å²) in [5.41, 5.74) is 3.01. The second-order valence-corrected chi connectivity index (χ2v) is 11.5. The predicted molar refractivity (Wildman–Crippen MR) is 181 cm³/mol. The molecule has 0 spiro atoms. The number of hydrogen-bond donors (Lipinski definition) is 0. The lowest BCUT2D eigenvalue weighted by Crippen LogP contribution is -2.06. The molecule has 0 aliphatic carbocycles. The van der Waals surface area contributed by atoms with Crippen LogP contribution in [-0.4, -0.2) is 19.5 Å². The molecule has 6 aromatic carbocycles. The molecule has 0 saturated carbocycles. The molecule has 4 nitrogen and oxygen atoms in total. The van der Waals surface area contributed by atoms with E-state index < -0.39 is 23.4 Å². The van der Waals surface area contributed by atoms with Gasteiger partial charge in [0.1, 0.15) is 11.6 Å². The Morgan fingerprint density at radius 1 is 0.469 bits per heavy atom. The van der Waals surface area contributed by atoms with E-state index in [0.717, 1.165) is 34.7 Å². The number of rotatable bonds is 5. The van der Waals surface area contributed by atoms with Gasteiger partial charge >= 0.3 is 6.18 Å². The van der Waals surface area contributed by atoms with Crippen molar-refractivity contribution in [2.75, 3.05) is 0 Å². The second-order valence-electron chi connectivity index (χ2n) is 11.5. The summed E-state index contributed by atoms with van der Waals surface area (Å²) < 4.78 is 73.1. The van der Waals surface area contributed by atoms with Gasteiger partial charge in [0.05, 0.1) is 22.3 Å². The Balaban J connectivity index is 1.47. The molecule has 238 valence electrons. The molecule has 0 N–H and O–H groups in total. The molecule has 0 amide bonds. The van der Waals surface area contributed by atoms with Crippen LogP contribution in [0.25, 0.3) is 72.8 Å². The number of halogens is 5. The van der Waals surface area contributed by atoms with Crippen molar-refractivity contribution in [1.29, 1.82) is 0 Å². The lowest BCUT2D eigenvalue weighted by Gasteiger charge is -2.17. The number of alkyl halides is 3. The standard InChI is InChI=1S/C40H23F5N4/c41-28-17-19-29(33(42)23-28)26-15-20-35(49-34-14-8-7-13-30(34)31-18-16-27(22-36(31)49)40(43,44)45)32(21-26)39-47-37(24-9-3-1-4-10-24)46-38(48-39)25-11-5-2-6-12-25/h1-23H. The minimum absolute atomic E-state index is 0.136. The fraction of sp³-hybridized carbons (Fsp3) is 0.0250. The normalized spacial score (nSPS) is 11.8. The van der Waals surface area contributed by atoms with Gasteiger partial charge in [-0.05, 0) is 48.0 Å². The fourth-order valence-electron chi connectivity index (χ4n) is 6.14. The van der Waals surface area contributed by atoms with E-state index in [1.54, 1.807) is 22.8 Å². The van der Waals surface area contributed by atoms with Crippen LogP contribution in [0.2, 0.25) is 0 Å². The van der Waals surface area contributed by atoms with Crippen molar-refractivity contribution in [1.82, 2.24) is 19.5 Å². The summed E-state index contributed by atoms with van der Waals surface area (Å²) in [5.74, 6) is -0.534. The molecule has 0 atom stereocenters. The molecule has 49 heavy (non-hydrogen) atoms. The fourth-order valence-corrected chi connectivity index (χ4v) is 6.14. The Labute approximate surface area is 276 Å². The van der Waals surface area contributed by atoms with E-state index in [2.05, 4.69) is 0 Å². The van der Waals surface area contributed by atoms with Crippen molar-refractivity contribution in [3.05, 3.63) is 157 Å². The largest absolute Gasteiger partial charge is 0.416 e. The monoisotopic (exact) mass is 654 g/mol. The molecule has 0 bridgehead atoms. The summed E-state index contributed by atoms with van der Waals surface area (Å²) in [6, 6.07) is 38.0. The van der Waals surface area contributed by atoms with E-state index >= 15 is 4.39 Å². The minimum Gasteiger partial charge on any atom is -0.308 e. The van der Waals surface area contributed by atoms with Crippen LogP contribution in [0.1, 0.15) is 5.56 Å². The average molecular weight is 655 g/mol. The number of hydrogen-bond acceptors (Lipinski definition) is 3. The van der Waals surface area contributed by atoms with Crippen LogP contribution in [0, 0.1) is 11.6 Å². The van der Waals surface area contributed by atoms with Crippen molar-refractivity contribution in [3.63, 3.8) is 0 Å². The van der Waals surface area contributed by atoms with E-state index in [4.69, 9.17) is 15.0 Å². The van der Waals surface area contributed by atoms with Crippen molar-refractivity contribution >= 4 is 21.8 Å². The van der Waals surface area contributed by atoms with E-state index in [1.165, 1.54) is 18.2 Å². The Bertz CT molecular complexity index is 2450. The van der Waals surface area contributed by atoms with E-state index in [-0.39, 0.29) is 11.4 Å². The van der Waals surface area contributed by atoms with E-state index in [1.807, 2.05) is 84.9 Å². The average Bonchev–Trinajstić information content (AvgIpc) is 3.45. The van der Waals surface area contributed by atoms with Gasteiger partial charge in [-0.2, -0.15) is 13.2 Å². The lowest BCUT2D eigenvalue weighted by molar-refractivity contribution is -0.137. The molecule has 0 aliphatic rings. The lowest BCUT2D eigenvalue weighted by atomic mass is 10.00. The third-order valence-electron chi connectivity index (χ3n) is 8.42. The first-order chi connectivity index (χ1) is 23.7. The van der Waals surface area contributed by atoms with Gasteiger partial charge in [0.25, 0.3) is 0 Å². The van der Waals surface area contributed by atoms with Gasteiger partial charge in [-0.1, -0.05) is 91.0 Å². The maximum absolute atomic E-state index is 15.2. The van der Waals surface area contributed by atoms with E-state index in [9.17, 15) is 17.6 Å². The van der Waals surface area contributed by atoms with Crippen molar-refractivity contribution in [2.24, 2.45) is 0 Å². The van der Waals surface area contributed by atoms with Crippen LogP contribution in [0.4, 0.5) is 22.0 Å². The molecule has 9 heteroatoms. The maximum Gasteiger partial charge on any atom is 0.416 e. The van der Waals surface area contributed by atoms with Crippen molar-refractivity contribution in [3.8, 4) is 51.0 Å². The molecule has 0 radical (unpaired) electrons. The molecule has 2 heterocycles. The topological polar surface area (TPSA) is 43.6 Å². The summed E-state index contributed by atoms with van der Waals surface area (Å²) >= 11 is 0. The van der Waals surface area contributed by atoms with Gasteiger partial charge in [-0.25, -0.2) is 23.7 Å². The summed E-state index contributed by atoms with van der Waals surface area (Å²) in [4.78, 5) is 14.6. The highest BCUT2D eigenvalue weighted by atomic mass is 19.4. The first-order valence-electron chi connectivity index (χ1n) is 15.3. The SMILES string of the molecule is Fc1ccc(-c2ccc(-n3c4ccccc4c4ccc(C(F)(F)F)cc43)c(-c3nc(-c4ccccc4)nc(-c4ccccc4)n3)c2)c(F)c1. The van der Waals surface area contributed by atoms with Gasteiger partial charge < -0.3 is 4.57 Å². The number of fused-ring (bicyclic) bond motifs is 3. The quantitative estimate of drug-likeness (QED) is 0.174. The van der Waals surface area contributed by atoms with Gasteiger partial charge in [0.2, 0.25) is 0 Å². The molecule has 0 unspecified atom stereocenters. The highest BCUT2D eigenvalue weighted by molar-refractivity contribution is 6.10. The highest BCUT2D eigenvalue weighted by Crippen LogP contribution is 2.40. The van der Waals surface area contributed by atoms with Crippen LogP contribution in [-0.2, 0) is 6.18 Å². The van der Waals surface area contributed by atoms with Crippen molar-refractivity contribution in [2.45, 2.75) is 6.18 Å². The summed E-state index contributed by atoms with van der Waals surface area (Å²) in [7, 11) is 0. The Kier molecular flexibility index (Phi) is 7.25. The van der Waals surface area contributed by atoms with Crippen molar-refractivity contribution < 1.29 is 22.0 Å². The van der Waals surface area contributed by atoms with Crippen LogP contribution >= 0.6 is 0 Å². The zero-order valence-corrected chi connectivity index (χ0v) is 25.5. The predicted octanol–water partition coefficient (Wildman–Crippen LogP) is 10.9. The zero-order valence-electron chi connectivity index (χ0n) is 25.5. The van der Waals surface area contributed by atoms with Gasteiger partial charge in [-0.15, -0.1) is 0 Å². The Hall–Kier alpha value is -6.22. The second kappa shape index (κ2) is 11.8. The smallest absolute Gasteiger partial charge is 0.308 e. The number of nitrogens with zero attached hydrogens (tertiary/aromatic N) is 4. The molecular formula is C40H23F5N4. The Morgan fingerprint density at radius 3 is 1.73 bits per heavy atom. The molecular weight excluding hydrogens is 631 g/mol. The van der Waals surface area contributed by atoms with Crippen LogP contribution < -0.4 is 0 Å². The van der Waals surface area contributed by atoms with Gasteiger partial charge in [0.15, 0.2) is 17.5 Å². The first-order valence-corrected chi connectivity index (χ1v) is 15.3. The molecule has 8 aromatic rings. The molecule has 8 rings (SSSR count). The van der Waals surface area contributed by atoms with Gasteiger partial charge in [0, 0.05) is 39.1 Å². The molecule has 0 aliphatic heterocycles. The highest BCUT2D eigenvalue weighted by Gasteiger charge is 2.31. The minimum atomic E-state index is -4.58.